The minimum absolute atomic E-state index is 0.128. The van der Waals surface area contributed by atoms with Gasteiger partial charge in [-0.15, -0.1) is 0 Å². The molecule has 3 aromatic carbocycles. The molecule has 0 heterocycles. The van der Waals surface area contributed by atoms with Crippen molar-refractivity contribution in [2.45, 2.75) is 6.18 Å². The van der Waals surface area contributed by atoms with Gasteiger partial charge in [0.05, 0.1) is 17.2 Å². The Balaban J connectivity index is 1.65. The van der Waals surface area contributed by atoms with E-state index in [0.717, 1.165) is 35.6 Å². The maximum atomic E-state index is 12.6. The van der Waals surface area contributed by atoms with Crippen molar-refractivity contribution in [1.29, 1.82) is 5.26 Å². The van der Waals surface area contributed by atoms with Crippen LogP contribution in [-0.2, 0) is 6.18 Å². The summed E-state index contributed by atoms with van der Waals surface area (Å²) in [5.41, 5.74) is 1.86. The van der Waals surface area contributed by atoms with Gasteiger partial charge in [-0.05, 0) is 66.7 Å². The first kappa shape index (κ1) is 19.0. The average Bonchev–Trinajstić information content (AvgIpc) is 2.69. The second kappa shape index (κ2) is 7.84. The molecule has 0 aliphatic heterocycles. The third-order valence-corrected chi connectivity index (χ3v) is 3.90. The van der Waals surface area contributed by atoms with E-state index in [1.165, 1.54) is 0 Å². The minimum Gasteiger partial charge on any atom is -0.355 e. The number of rotatable bonds is 4. The summed E-state index contributed by atoms with van der Waals surface area (Å²) in [6.45, 7) is 0. The van der Waals surface area contributed by atoms with E-state index < -0.39 is 17.6 Å². The Kier molecular flexibility index (Phi) is 5.32. The maximum absolute atomic E-state index is 12.6. The SMILES string of the molecule is N#Cc1cccc(Nc2ccc(NC(=O)c3ccc(C(F)(F)F)cc3)cc2)c1. The fourth-order valence-corrected chi connectivity index (χ4v) is 2.48. The lowest BCUT2D eigenvalue weighted by molar-refractivity contribution is -0.137. The Labute approximate surface area is 159 Å². The summed E-state index contributed by atoms with van der Waals surface area (Å²) in [7, 11) is 0. The lowest BCUT2D eigenvalue weighted by Crippen LogP contribution is -2.12. The first-order chi connectivity index (χ1) is 13.3. The standard InChI is InChI=1S/C21H14F3N3O/c22-21(23,24)16-6-4-15(5-7-16)20(28)27-18-10-8-17(9-11-18)26-19-3-1-2-14(12-19)13-25/h1-12,26H,(H,27,28). The number of benzene rings is 3. The van der Waals surface area contributed by atoms with Crippen molar-refractivity contribution in [1.82, 2.24) is 0 Å². The monoisotopic (exact) mass is 381 g/mol. The number of carbonyl (C=O) groups is 1. The number of nitrogens with zero attached hydrogens (tertiary/aromatic N) is 1. The number of halogens is 3. The van der Waals surface area contributed by atoms with Crippen LogP contribution in [-0.4, -0.2) is 5.91 Å². The molecule has 0 aliphatic carbocycles. The van der Waals surface area contributed by atoms with Crippen LogP contribution < -0.4 is 10.6 Å². The van der Waals surface area contributed by atoms with Crippen molar-refractivity contribution < 1.29 is 18.0 Å². The molecule has 2 N–H and O–H groups in total. The first-order valence-electron chi connectivity index (χ1n) is 8.21. The van der Waals surface area contributed by atoms with Gasteiger partial charge in [-0.25, -0.2) is 0 Å². The van der Waals surface area contributed by atoms with Crippen LogP contribution in [0.5, 0.6) is 0 Å². The quantitative estimate of drug-likeness (QED) is 0.621. The van der Waals surface area contributed by atoms with E-state index in [0.29, 0.717) is 11.3 Å². The number of carbonyl (C=O) groups excluding carboxylic acids is 1. The second-order valence-corrected chi connectivity index (χ2v) is 5.92. The molecular formula is C21H14F3N3O. The van der Waals surface area contributed by atoms with Crippen LogP contribution in [0.3, 0.4) is 0 Å². The highest BCUT2D eigenvalue weighted by atomic mass is 19.4. The second-order valence-electron chi connectivity index (χ2n) is 5.92. The molecule has 3 aromatic rings. The molecule has 3 rings (SSSR count). The third-order valence-electron chi connectivity index (χ3n) is 3.90. The maximum Gasteiger partial charge on any atom is 0.416 e. The van der Waals surface area contributed by atoms with E-state index in [1.807, 2.05) is 6.07 Å². The molecule has 0 unspecified atom stereocenters. The largest absolute Gasteiger partial charge is 0.416 e. The molecule has 0 aliphatic rings. The topological polar surface area (TPSA) is 64.9 Å². The zero-order valence-corrected chi connectivity index (χ0v) is 14.4. The smallest absolute Gasteiger partial charge is 0.355 e. The van der Waals surface area contributed by atoms with Gasteiger partial charge in [-0.3, -0.25) is 4.79 Å². The molecule has 0 bridgehead atoms. The number of hydrogen-bond donors (Lipinski definition) is 2. The van der Waals surface area contributed by atoms with Crippen LogP contribution in [0.1, 0.15) is 21.5 Å². The molecule has 28 heavy (non-hydrogen) atoms. The van der Waals surface area contributed by atoms with E-state index >= 15 is 0 Å². The number of nitriles is 1. The van der Waals surface area contributed by atoms with Crippen molar-refractivity contribution in [3.63, 3.8) is 0 Å². The average molecular weight is 381 g/mol. The summed E-state index contributed by atoms with van der Waals surface area (Å²) >= 11 is 0. The fourth-order valence-electron chi connectivity index (χ4n) is 2.48. The van der Waals surface area contributed by atoms with Crippen molar-refractivity contribution in [3.05, 3.63) is 89.5 Å². The molecule has 7 heteroatoms. The molecular weight excluding hydrogens is 367 g/mol. The van der Waals surface area contributed by atoms with E-state index in [1.54, 1.807) is 42.5 Å². The Morgan fingerprint density at radius 1 is 0.857 bits per heavy atom. The molecule has 0 spiro atoms. The highest BCUT2D eigenvalue weighted by Gasteiger charge is 2.30. The van der Waals surface area contributed by atoms with Crippen molar-refractivity contribution in [3.8, 4) is 6.07 Å². The first-order valence-corrected chi connectivity index (χ1v) is 8.21. The van der Waals surface area contributed by atoms with Gasteiger partial charge in [0.2, 0.25) is 0 Å². The zero-order chi connectivity index (χ0) is 20.1. The lowest BCUT2D eigenvalue weighted by atomic mass is 10.1. The minimum atomic E-state index is -4.44. The summed E-state index contributed by atoms with van der Waals surface area (Å²) in [5, 5.41) is 14.7. The van der Waals surface area contributed by atoms with Crippen LogP contribution in [0.4, 0.5) is 30.2 Å². The molecule has 0 atom stereocenters. The summed E-state index contributed by atoms with van der Waals surface area (Å²) in [6, 6.07) is 19.9. The van der Waals surface area contributed by atoms with Crippen LogP contribution in [0.15, 0.2) is 72.8 Å². The number of hydrogen-bond acceptors (Lipinski definition) is 3. The van der Waals surface area contributed by atoms with Crippen molar-refractivity contribution in [2.75, 3.05) is 10.6 Å². The summed E-state index contributed by atoms with van der Waals surface area (Å²) in [4.78, 5) is 12.2. The Morgan fingerprint density at radius 2 is 1.50 bits per heavy atom. The molecule has 4 nitrogen and oxygen atoms in total. The number of amides is 1. The van der Waals surface area contributed by atoms with Crippen LogP contribution >= 0.6 is 0 Å². The Bertz CT molecular complexity index is 1020. The Hall–Kier alpha value is -3.79. The molecule has 0 aromatic heterocycles. The van der Waals surface area contributed by atoms with E-state index in [9.17, 15) is 18.0 Å². The number of anilines is 3. The van der Waals surface area contributed by atoms with Gasteiger partial charge in [-0.1, -0.05) is 6.07 Å². The van der Waals surface area contributed by atoms with Gasteiger partial charge < -0.3 is 10.6 Å². The van der Waals surface area contributed by atoms with Crippen molar-refractivity contribution in [2.24, 2.45) is 0 Å². The van der Waals surface area contributed by atoms with Gasteiger partial charge in [0.15, 0.2) is 0 Å². The molecule has 0 fully saturated rings. The van der Waals surface area contributed by atoms with Crippen molar-refractivity contribution >= 4 is 23.0 Å². The molecule has 140 valence electrons. The van der Waals surface area contributed by atoms with Gasteiger partial charge in [-0.2, -0.15) is 18.4 Å². The normalized spacial score (nSPS) is 10.8. The van der Waals surface area contributed by atoms with Crippen LogP contribution in [0.25, 0.3) is 0 Å². The van der Waals surface area contributed by atoms with Gasteiger partial charge in [0.1, 0.15) is 0 Å². The summed E-state index contributed by atoms with van der Waals surface area (Å²) in [6.07, 6.45) is -4.44. The molecule has 0 saturated heterocycles. The highest BCUT2D eigenvalue weighted by molar-refractivity contribution is 6.04. The predicted octanol–water partition coefficient (Wildman–Crippen LogP) is 5.57. The number of alkyl halides is 3. The van der Waals surface area contributed by atoms with E-state index in [2.05, 4.69) is 16.7 Å². The molecule has 0 radical (unpaired) electrons. The number of nitrogens with one attached hydrogen (secondary N) is 2. The van der Waals surface area contributed by atoms with Crippen LogP contribution in [0, 0.1) is 11.3 Å². The van der Waals surface area contributed by atoms with Gasteiger partial charge in [0.25, 0.3) is 5.91 Å². The van der Waals surface area contributed by atoms with Crippen LogP contribution in [0.2, 0.25) is 0 Å². The Morgan fingerprint density at radius 3 is 2.11 bits per heavy atom. The zero-order valence-electron chi connectivity index (χ0n) is 14.4. The molecule has 0 saturated carbocycles. The lowest BCUT2D eigenvalue weighted by Gasteiger charge is -2.10. The van der Waals surface area contributed by atoms with Gasteiger partial charge in [0, 0.05) is 22.6 Å². The summed E-state index contributed by atoms with van der Waals surface area (Å²) < 4.78 is 37.7. The van der Waals surface area contributed by atoms with E-state index in [-0.39, 0.29) is 5.56 Å². The van der Waals surface area contributed by atoms with E-state index in [4.69, 9.17) is 5.26 Å². The predicted molar refractivity (Wildman–Crippen MR) is 100 cm³/mol. The van der Waals surface area contributed by atoms with Gasteiger partial charge >= 0.3 is 6.18 Å². The molecule has 1 amide bonds. The summed E-state index contributed by atoms with van der Waals surface area (Å²) in [5.74, 6) is -0.504. The third kappa shape index (κ3) is 4.68. The fraction of sp³-hybridized carbons (Fsp3) is 0.0476. The highest BCUT2D eigenvalue weighted by Crippen LogP contribution is 2.29.